The molecule has 0 atom stereocenters. The fourth-order valence-electron chi connectivity index (χ4n) is 4.26. The molecule has 18 heavy (non-hydrogen) atoms. The molecular formula is C17H23N. The molecular weight excluding hydrogens is 218 g/mol. The van der Waals surface area contributed by atoms with Gasteiger partial charge >= 0.3 is 0 Å². The molecule has 0 aromatic heterocycles. The van der Waals surface area contributed by atoms with Gasteiger partial charge in [0.05, 0.1) is 0 Å². The van der Waals surface area contributed by atoms with Gasteiger partial charge in [0, 0.05) is 13.1 Å². The highest BCUT2D eigenvalue weighted by Gasteiger charge is 2.48. The van der Waals surface area contributed by atoms with Gasteiger partial charge in [-0.15, -0.1) is 0 Å². The average Bonchev–Trinajstić information content (AvgIpc) is 3.04. The van der Waals surface area contributed by atoms with Gasteiger partial charge in [0.15, 0.2) is 0 Å². The van der Waals surface area contributed by atoms with Crippen LogP contribution in [0.3, 0.4) is 0 Å². The first kappa shape index (κ1) is 11.0. The van der Waals surface area contributed by atoms with E-state index >= 15 is 0 Å². The lowest BCUT2D eigenvalue weighted by atomic mass is 9.57. The fraction of sp³-hybridized carbons (Fsp3) is 0.647. The smallest absolute Gasteiger partial charge is 0.00204 e. The van der Waals surface area contributed by atoms with Crippen LogP contribution in [0, 0.1) is 18.3 Å². The van der Waals surface area contributed by atoms with Crippen molar-refractivity contribution in [1.82, 2.24) is 5.32 Å². The second kappa shape index (κ2) is 3.84. The van der Waals surface area contributed by atoms with Crippen molar-refractivity contribution in [3.05, 3.63) is 34.9 Å². The van der Waals surface area contributed by atoms with E-state index in [0.717, 1.165) is 17.3 Å². The van der Waals surface area contributed by atoms with E-state index in [4.69, 9.17) is 0 Å². The summed E-state index contributed by atoms with van der Waals surface area (Å²) in [6.07, 6.45) is 7.14. The van der Waals surface area contributed by atoms with Gasteiger partial charge in [-0.25, -0.2) is 0 Å². The molecule has 2 aliphatic carbocycles. The van der Waals surface area contributed by atoms with Crippen molar-refractivity contribution < 1.29 is 0 Å². The van der Waals surface area contributed by atoms with E-state index in [9.17, 15) is 0 Å². The zero-order valence-corrected chi connectivity index (χ0v) is 11.3. The molecule has 1 N–H and O–H groups in total. The van der Waals surface area contributed by atoms with Crippen LogP contribution >= 0.6 is 0 Å². The van der Waals surface area contributed by atoms with Crippen LogP contribution in [0.15, 0.2) is 18.2 Å². The first-order valence-electron chi connectivity index (χ1n) is 7.55. The Morgan fingerprint density at radius 3 is 2.61 bits per heavy atom. The Morgan fingerprint density at radius 2 is 2.00 bits per heavy atom. The van der Waals surface area contributed by atoms with Gasteiger partial charge in [-0.05, 0) is 73.0 Å². The Balaban J connectivity index is 1.49. The van der Waals surface area contributed by atoms with Crippen molar-refractivity contribution in [2.75, 3.05) is 13.1 Å². The molecule has 0 radical (unpaired) electrons. The predicted molar refractivity (Wildman–Crippen MR) is 74.9 cm³/mol. The lowest BCUT2D eigenvalue weighted by molar-refractivity contribution is 0.000806. The lowest BCUT2D eigenvalue weighted by Crippen LogP contribution is -2.60. The van der Waals surface area contributed by atoms with Crippen molar-refractivity contribution >= 4 is 0 Å². The molecule has 0 unspecified atom stereocenters. The van der Waals surface area contributed by atoms with Gasteiger partial charge in [-0.2, -0.15) is 0 Å². The molecule has 96 valence electrons. The van der Waals surface area contributed by atoms with Gasteiger partial charge in [-0.1, -0.05) is 18.2 Å². The summed E-state index contributed by atoms with van der Waals surface area (Å²) >= 11 is 0. The fourth-order valence-corrected chi connectivity index (χ4v) is 4.26. The molecule has 3 aliphatic rings. The molecule has 1 nitrogen and oxygen atoms in total. The summed E-state index contributed by atoms with van der Waals surface area (Å²) in [6, 6.07) is 6.95. The minimum atomic E-state index is 0.730. The predicted octanol–water partition coefficient (Wildman–Crippen LogP) is 3.41. The van der Waals surface area contributed by atoms with E-state index < -0.39 is 0 Å². The molecule has 1 aliphatic heterocycles. The van der Waals surface area contributed by atoms with E-state index in [0.29, 0.717) is 0 Å². The molecule has 0 amide bonds. The molecule has 1 spiro atoms. The van der Waals surface area contributed by atoms with Crippen molar-refractivity contribution in [3.8, 4) is 0 Å². The van der Waals surface area contributed by atoms with Gasteiger partial charge in [0.2, 0.25) is 0 Å². The van der Waals surface area contributed by atoms with Crippen LogP contribution in [0.5, 0.6) is 0 Å². The summed E-state index contributed by atoms with van der Waals surface area (Å²) in [6.45, 7) is 4.87. The highest BCUT2D eigenvalue weighted by atomic mass is 15.0. The van der Waals surface area contributed by atoms with Crippen LogP contribution in [-0.4, -0.2) is 13.1 Å². The average molecular weight is 241 g/mol. The Hall–Kier alpha value is -0.820. The SMILES string of the molecule is Cc1cccc(CC2CC3(CNC3)C2)c1C1CC1. The van der Waals surface area contributed by atoms with Crippen LogP contribution in [0.2, 0.25) is 0 Å². The van der Waals surface area contributed by atoms with Gasteiger partial charge < -0.3 is 5.32 Å². The minimum absolute atomic E-state index is 0.730. The molecule has 0 bridgehead atoms. The summed E-state index contributed by atoms with van der Waals surface area (Å²) in [7, 11) is 0. The summed E-state index contributed by atoms with van der Waals surface area (Å²) in [5.41, 5.74) is 5.65. The van der Waals surface area contributed by atoms with Gasteiger partial charge in [-0.3, -0.25) is 0 Å². The molecule has 2 saturated carbocycles. The zero-order valence-electron chi connectivity index (χ0n) is 11.3. The third kappa shape index (κ3) is 1.72. The Kier molecular flexibility index (Phi) is 2.35. The van der Waals surface area contributed by atoms with Crippen LogP contribution < -0.4 is 5.32 Å². The molecule has 4 rings (SSSR count). The van der Waals surface area contributed by atoms with Crippen LogP contribution in [0.25, 0.3) is 0 Å². The molecule has 1 aromatic rings. The number of hydrogen-bond acceptors (Lipinski definition) is 1. The van der Waals surface area contributed by atoms with Crippen LogP contribution in [-0.2, 0) is 6.42 Å². The molecule has 1 aromatic carbocycles. The van der Waals surface area contributed by atoms with Gasteiger partial charge in [0.25, 0.3) is 0 Å². The summed E-state index contributed by atoms with van der Waals surface area (Å²) in [5, 5.41) is 3.44. The summed E-state index contributed by atoms with van der Waals surface area (Å²) < 4.78 is 0. The van der Waals surface area contributed by atoms with E-state index in [1.165, 1.54) is 50.8 Å². The number of nitrogens with one attached hydrogen (secondary N) is 1. The highest BCUT2D eigenvalue weighted by molar-refractivity contribution is 5.40. The Bertz CT molecular complexity index is 460. The summed E-state index contributed by atoms with van der Waals surface area (Å²) in [5.74, 6) is 1.87. The van der Waals surface area contributed by atoms with E-state index in [-0.39, 0.29) is 0 Å². The molecule has 1 heterocycles. The van der Waals surface area contributed by atoms with Crippen molar-refractivity contribution in [2.24, 2.45) is 11.3 Å². The van der Waals surface area contributed by atoms with Crippen LogP contribution in [0.4, 0.5) is 0 Å². The topological polar surface area (TPSA) is 12.0 Å². The van der Waals surface area contributed by atoms with Crippen LogP contribution in [0.1, 0.15) is 48.3 Å². The van der Waals surface area contributed by atoms with E-state index in [1.54, 1.807) is 11.1 Å². The largest absolute Gasteiger partial charge is 0.316 e. The minimum Gasteiger partial charge on any atom is -0.316 e. The Labute approximate surface area is 110 Å². The molecule has 3 fully saturated rings. The monoisotopic (exact) mass is 241 g/mol. The highest BCUT2D eigenvalue weighted by Crippen LogP contribution is 2.51. The molecule has 1 heteroatoms. The second-order valence-corrected chi connectivity index (χ2v) is 7.00. The number of rotatable bonds is 3. The maximum Gasteiger partial charge on any atom is 0.00204 e. The first-order valence-corrected chi connectivity index (χ1v) is 7.55. The molecule has 1 saturated heterocycles. The third-order valence-electron chi connectivity index (χ3n) is 5.35. The number of hydrogen-bond donors (Lipinski definition) is 1. The Morgan fingerprint density at radius 1 is 1.22 bits per heavy atom. The second-order valence-electron chi connectivity index (χ2n) is 7.00. The maximum absolute atomic E-state index is 3.44. The van der Waals surface area contributed by atoms with Gasteiger partial charge in [0.1, 0.15) is 0 Å². The van der Waals surface area contributed by atoms with Crippen molar-refractivity contribution in [1.29, 1.82) is 0 Å². The van der Waals surface area contributed by atoms with Crippen molar-refractivity contribution in [3.63, 3.8) is 0 Å². The zero-order chi connectivity index (χ0) is 12.2. The first-order chi connectivity index (χ1) is 8.76. The van der Waals surface area contributed by atoms with E-state index in [1.807, 2.05) is 0 Å². The third-order valence-corrected chi connectivity index (χ3v) is 5.35. The van der Waals surface area contributed by atoms with E-state index in [2.05, 4.69) is 30.4 Å². The normalized spacial score (nSPS) is 25.8. The quantitative estimate of drug-likeness (QED) is 0.855. The summed E-state index contributed by atoms with van der Waals surface area (Å²) in [4.78, 5) is 0. The standard InChI is InChI=1S/C17H23N/c1-12-3-2-4-15(16(12)14-5-6-14)7-13-8-17(9-13)10-18-11-17/h2-4,13-14,18H,5-11H2,1H3. The number of aryl methyl sites for hydroxylation is 1. The van der Waals surface area contributed by atoms with Crippen molar-refractivity contribution in [2.45, 2.75) is 44.9 Å². The maximum atomic E-state index is 3.44. The lowest BCUT2D eigenvalue weighted by Gasteiger charge is -2.54. The number of benzene rings is 1.